The molecule has 1 aliphatic rings. The van der Waals surface area contributed by atoms with E-state index in [4.69, 9.17) is 0 Å². The lowest BCUT2D eigenvalue weighted by atomic mass is 9.53. The Morgan fingerprint density at radius 3 is 1.38 bits per heavy atom. The van der Waals surface area contributed by atoms with Gasteiger partial charge in [0.05, 0.1) is 0 Å². The standard InChI is InChI=1S/C38H36.C7H8.C2H6/c1-26-33-25-29(20-21-34(33)38(26,5)36-19-13-12-18-35(36)37(2,3)4)32-23-30(27-14-8-6-9-15-27)22-31(24-32)28-16-10-7-11-17-28;1-7-5-3-2-4-6-7;1-2/h6-26H,1-5H3;2-6H,1H3;1-2H3. The fourth-order valence-corrected chi connectivity index (χ4v) is 6.93. The van der Waals surface area contributed by atoms with Crippen LogP contribution in [0.5, 0.6) is 0 Å². The van der Waals surface area contributed by atoms with Crippen LogP contribution in [0.4, 0.5) is 0 Å². The molecule has 6 aromatic carbocycles. The SMILES string of the molecule is CC.CC1c2cc(-c3cc(-c4ccccc4)cc(-c4ccccc4)c3)ccc2C1(C)c1ccccc1C(C)(C)C.Cc1ccccc1. The smallest absolute Gasteiger partial charge is 0.0246 e. The van der Waals surface area contributed by atoms with Crippen LogP contribution in [0.25, 0.3) is 33.4 Å². The van der Waals surface area contributed by atoms with Gasteiger partial charge >= 0.3 is 0 Å². The molecule has 238 valence electrons. The molecule has 6 aromatic rings. The summed E-state index contributed by atoms with van der Waals surface area (Å²) in [5.41, 5.74) is 14.9. The van der Waals surface area contributed by atoms with Gasteiger partial charge in [-0.1, -0.05) is 187 Å². The first kappa shape index (κ1) is 33.7. The van der Waals surface area contributed by atoms with Crippen LogP contribution in [0, 0.1) is 6.92 Å². The summed E-state index contributed by atoms with van der Waals surface area (Å²) in [6, 6.07) is 54.9. The average Bonchev–Trinajstić information content (AvgIpc) is 3.12. The van der Waals surface area contributed by atoms with Crippen molar-refractivity contribution in [3.63, 3.8) is 0 Å². The quantitative estimate of drug-likeness (QED) is 0.185. The van der Waals surface area contributed by atoms with Crippen molar-refractivity contribution < 1.29 is 0 Å². The van der Waals surface area contributed by atoms with Crippen molar-refractivity contribution in [2.24, 2.45) is 0 Å². The van der Waals surface area contributed by atoms with Gasteiger partial charge in [0.1, 0.15) is 0 Å². The molecule has 0 heterocycles. The first-order valence-electron chi connectivity index (χ1n) is 17.2. The van der Waals surface area contributed by atoms with Crippen LogP contribution in [-0.2, 0) is 10.8 Å². The Morgan fingerprint density at radius 2 is 0.915 bits per heavy atom. The number of aryl methyl sites for hydroxylation is 1. The van der Waals surface area contributed by atoms with Crippen LogP contribution in [0.1, 0.15) is 82.2 Å². The number of rotatable bonds is 4. The summed E-state index contributed by atoms with van der Waals surface area (Å²) in [4.78, 5) is 0. The maximum Gasteiger partial charge on any atom is 0.0246 e. The van der Waals surface area contributed by atoms with E-state index in [0.29, 0.717) is 5.92 Å². The molecule has 2 atom stereocenters. The molecule has 0 saturated heterocycles. The summed E-state index contributed by atoms with van der Waals surface area (Å²) in [7, 11) is 0. The Morgan fingerprint density at radius 1 is 0.468 bits per heavy atom. The zero-order valence-electron chi connectivity index (χ0n) is 29.5. The molecule has 0 radical (unpaired) electrons. The van der Waals surface area contributed by atoms with E-state index in [1.54, 1.807) is 0 Å². The summed E-state index contributed by atoms with van der Waals surface area (Å²) in [5, 5.41) is 0. The van der Waals surface area contributed by atoms with Gasteiger partial charge in [-0.05, 0) is 92.1 Å². The Kier molecular flexibility index (Phi) is 10.3. The van der Waals surface area contributed by atoms with E-state index in [9.17, 15) is 0 Å². The molecule has 0 spiro atoms. The van der Waals surface area contributed by atoms with Gasteiger partial charge in [-0.15, -0.1) is 0 Å². The van der Waals surface area contributed by atoms with Crippen LogP contribution >= 0.6 is 0 Å². The van der Waals surface area contributed by atoms with Gasteiger partial charge in [-0.25, -0.2) is 0 Å². The summed E-state index contributed by atoms with van der Waals surface area (Å²) in [5.74, 6) is 0.451. The largest absolute Gasteiger partial charge is 0.0683 e. The monoisotopic (exact) mass is 614 g/mol. The molecule has 47 heavy (non-hydrogen) atoms. The van der Waals surface area contributed by atoms with Crippen LogP contribution in [0.15, 0.2) is 152 Å². The summed E-state index contributed by atoms with van der Waals surface area (Å²) in [6.45, 7) is 17.9. The summed E-state index contributed by atoms with van der Waals surface area (Å²) < 4.78 is 0. The Labute approximate surface area is 284 Å². The van der Waals surface area contributed by atoms with Gasteiger partial charge < -0.3 is 0 Å². The summed E-state index contributed by atoms with van der Waals surface area (Å²) in [6.07, 6.45) is 0. The minimum atomic E-state index is 0.0266. The van der Waals surface area contributed by atoms with Gasteiger partial charge in [-0.3, -0.25) is 0 Å². The van der Waals surface area contributed by atoms with Crippen molar-refractivity contribution in [2.45, 2.75) is 72.1 Å². The fourth-order valence-electron chi connectivity index (χ4n) is 6.93. The molecule has 0 heteroatoms. The Bertz CT molecular complexity index is 1830. The van der Waals surface area contributed by atoms with E-state index in [1.807, 2.05) is 32.0 Å². The number of benzene rings is 6. The molecule has 0 N–H and O–H groups in total. The lowest BCUT2D eigenvalue weighted by molar-refractivity contribution is 0.394. The molecular weight excluding hydrogens is 565 g/mol. The first-order valence-corrected chi connectivity index (χ1v) is 17.2. The molecule has 0 bridgehead atoms. The molecular formula is C47H50. The minimum absolute atomic E-state index is 0.0266. The van der Waals surface area contributed by atoms with E-state index in [0.717, 1.165) is 0 Å². The van der Waals surface area contributed by atoms with E-state index >= 15 is 0 Å². The highest BCUT2D eigenvalue weighted by Gasteiger charge is 2.48. The van der Waals surface area contributed by atoms with Crippen molar-refractivity contribution in [1.29, 1.82) is 0 Å². The first-order chi connectivity index (χ1) is 22.7. The molecule has 7 rings (SSSR count). The van der Waals surface area contributed by atoms with E-state index < -0.39 is 0 Å². The lowest BCUT2D eigenvalue weighted by Gasteiger charge is -2.50. The molecule has 1 aliphatic carbocycles. The van der Waals surface area contributed by atoms with Crippen LogP contribution in [-0.4, -0.2) is 0 Å². The second-order valence-corrected chi connectivity index (χ2v) is 13.7. The Balaban J connectivity index is 0.000000423. The zero-order valence-corrected chi connectivity index (χ0v) is 29.5. The highest BCUT2D eigenvalue weighted by atomic mass is 14.5. The fraction of sp³-hybridized carbons (Fsp3) is 0.234. The molecule has 0 nitrogen and oxygen atoms in total. The minimum Gasteiger partial charge on any atom is -0.0683 e. The van der Waals surface area contributed by atoms with Gasteiger partial charge in [-0.2, -0.15) is 0 Å². The molecule has 0 fully saturated rings. The normalized spacial score (nSPS) is 16.4. The van der Waals surface area contributed by atoms with Crippen LogP contribution in [0.2, 0.25) is 0 Å². The molecule has 0 saturated carbocycles. The molecule has 0 aromatic heterocycles. The van der Waals surface area contributed by atoms with Crippen molar-refractivity contribution in [1.82, 2.24) is 0 Å². The summed E-state index contributed by atoms with van der Waals surface area (Å²) >= 11 is 0. The average molecular weight is 615 g/mol. The van der Waals surface area contributed by atoms with Crippen molar-refractivity contribution in [3.05, 3.63) is 179 Å². The van der Waals surface area contributed by atoms with Gasteiger partial charge in [0.2, 0.25) is 0 Å². The van der Waals surface area contributed by atoms with Crippen molar-refractivity contribution in [2.75, 3.05) is 0 Å². The van der Waals surface area contributed by atoms with E-state index in [2.05, 4.69) is 175 Å². The predicted molar refractivity (Wildman–Crippen MR) is 205 cm³/mol. The lowest BCUT2D eigenvalue weighted by Crippen LogP contribution is -2.42. The third-order valence-electron chi connectivity index (χ3n) is 9.66. The molecule has 2 unspecified atom stereocenters. The highest BCUT2D eigenvalue weighted by Crippen LogP contribution is 2.57. The Hall–Kier alpha value is -4.68. The number of hydrogen-bond acceptors (Lipinski definition) is 0. The zero-order chi connectivity index (χ0) is 33.6. The molecule has 0 aliphatic heterocycles. The predicted octanol–water partition coefficient (Wildman–Crippen LogP) is 13.4. The topological polar surface area (TPSA) is 0 Å². The van der Waals surface area contributed by atoms with Crippen molar-refractivity contribution >= 4 is 0 Å². The highest BCUT2D eigenvalue weighted by molar-refractivity contribution is 5.82. The maximum atomic E-state index is 2.44. The van der Waals surface area contributed by atoms with Crippen LogP contribution < -0.4 is 0 Å². The van der Waals surface area contributed by atoms with Gasteiger partial charge in [0.25, 0.3) is 0 Å². The third kappa shape index (κ3) is 7.03. The van der Waals surface area contributed by atoms with E-state index in [-0.39, 0.29) is 10.8 Å². The van der Waals surface area contributed by atoms with Crippen LogP contribution in [0.3, 0.4) is 0 Å². The second-order valence-electron chi connectivity index (χ2n) is 13.7. The number of hydrogen-bond donors (Lipinski definition) is 0. The second kappa shape index (κ2) is 14.4. The van der Waals surface area contributed by atoms with Gasteiger partial charge in [0, 0.05) is 5.41 Å². The van der Waals surface area contributed by atoms with Gasteiger partial charge in [0.15, 0.2) is 0 Å². The number of fused-ring (bicyclic) bond motifs is 1. The maximum absolute atomic E-state index is 2.44. The van der Waals surface area contributed by atoms with Crippen molar-refractivity contribution in [3.8, 4) is 33.4 Å². The third-order valence-corrected chi connectivity index (χ3v) is 9.66. The molecule has 0 amide bonds. The van der Waals surface area contributed by atoms with E-state index in [1.165, 1.54) is 61.2 Å².